The van der Waals surface area contributed by atoms with Crippen LogP contribution in [0.2, 0.25) is 0 Å². The molecule has 0 spiro atoms. The summed E-state index contributed by atoms with van der Waals surface area (Å²) in [5, 5.41) is 2.70. The average molecular weight is 369 g/mol. The second-order valence-corrected chi connectivity index (χ2v) is 6.03. The molecule has 0 aliphatic heterocycles. The summed E-state index contributed by atoms with van der Waals surface area (Å²) in [6.07, 6.45) is -0.165. The molecule has 2 aromatic carbocycles. The fourth-order valence-corrected chi connectivity index (χ4v) is 2.32. The number of carbonyl (C=O) groups is 3. The van der Waals surface area contributed by atoms with E-state index >= 15 is 0 Å². The van der Waals surface area contributed by atoms with Crippen LogP contribution >= 0.6 is 0 Å². The molecule has 27 heavy (non-hydrogen) atoms. The first kappa shape index (κ1) is 20.2. The molecule has 0 saturated heterocycles. The summed E-state index contributed by atoms with van der Waals surface area (Å²) in [4.78, 5) is 34.9. The zero-order valence-corrected chi connectivity index (χ0v) is 15.4. The molecular weight excluding hydrogens is 346 g/mol. The van der Waals surface area contributed by atoms with Gasteiger partial charge in [-0.3, -0.25) is 9.59 Å². The molecule has 0 radical (unpaired) electrons. The largest absolute Gasteiger partial charge is 0.479 e. The summed E-state index contributed by atoms with van der Waals surface area (Å²) < 4.78 is 10.4. The van der Waals surface area contributed by atoms with Crippen LogP contribution in [0.5, 0.6) is 5.75 Å². The van der Waals surface area contributed by atoms with Gasteiger partial charge in [0.2, 0.25) is 0 Å². The van der Waals surface area contributed by atoms with Gasteiger partial charge in [-0.2, -0.15) is 0 Å². The highest BCUT2D eigenvalue weighted by atomic mass is 16.6. The Morgan fingerprint density at radius 2 is 1.67 bits per heavy atom. The maximum absolute atomic E-state index is 11.9. The average Bonchev–Trinajstić information content (AvgIpc) is 2.67. The van der Waals surface area contributed by atoms with E-state index in [9.17, 15) is 14.4 Å². The van der Waals surface area contributed by atoms with Gasteiger partial charge in [-0.15, -0.1) is 0 Å². The number of hydrogen-bond donors (Lipinski definition) is 1. The van der Waals surface area contributed by atoms with Crippen LogP contribution in [0.4, 0.5) is 0 Å². The van der Waals surface area contributed by atoms with Crippen molar-refractivity contribution in [3.63, 3.8) is 0 Å². The van der Waals surface area contributed by atoms with Crippen LogP contribution in [0, 0.1) is 0 Å². The molecule has 1 N–H and O–H groups in total. The van der Waals surface area contributed by atoms with Crippen molar-refractivity contribution in [1.29, 1.82) is 0 Å². The number of carbonyl (C=O) groups excluding carboxylic acids is 3. The van der Waals surface area contributed by atoms with E-state index in [4.69, 9.17) is 9.47 Å². The summed E-state index contributed by atoms with van der Waals surface area (Å²) in [6.45, 7) is 3.12. The second-order valence-electron chi connectivity index (χ2n) is 6.03. The lowest BCUT2D eigenvalue weighted by Gasteiger charge is -2.14. The van der Waals surface area contributed by atoms with E-state index in [1.165, 1.54) is 13.8 Å². The second kappa shape index (κ2) is 10.1. The van der Waals surface area contributed by atoms with Gasteiger partial charge in [-0.05, 0) is 50.1 Å². The van der Waals surface area contributed by atoms with Crippen molar-refractivity contribution in [3.8, 4) is 5.75 Å². The fourth-order valence-electron chi connectivity index (χ4n) is 2.32. The van der Waals surface area contributed by atoms with Gasteiger partial charge >= 0.3 is 5.97 Å². The van der Waals surface area contributed by atoms with Crippen LogP contribution in [0.3, 0.4) is 0 Å². The van der Waals surface area contributed by atoms with Crippen LogP contribution < -0.4 is 10.1 Å². The number of esters is 1. The normalized spacial score (nSPS) is 11.3. The molecule has 142 valence electrons. The maximum atomic E-state index is 11.9. The first-order valence-corrected chi connectivity index (χ1v) is 8.70. The number of Topliss-reactive ketones (excluding diaryl/α,β-unsaturated/α-hetero) is 1. The van der Waals surface area contributed by atoms with E-state index < -0.39 is 12.1 Å². The lowest BCUT2D eigenvalue weighted by molar-refractivity contribution is -0.154. The molecule has 1 amide bonds. The van der Waals surface area contributed by atoms with Gasteiger partial charge in [-0.25, -0.2) is 4.79 Å². The first-order chi connectivity index (χ1) is 13.0. The molecular formula is C21H23NO5. The van der Waals surface area contributed by atoms with E-state index in [1.807, 2.05) is 30.3 Å². The Balaban J connectivity index is 1.69. The summed E-state index contributed by atoms with van der Waals surface area (Å²) in [7, 11) is 0. The number of ketones is 1. The van der Waals surface area contributed by atoms with Crippen LogP contribution in [0.25, 0.3) is 0 Å². The van der Waals surface area contributed by atoms with E-state index in [-0.39, 0.29) is 18.3 Å². The van der Waals surface area contributed by atoms with Crippen molar-refractivity contribution in [3.05, 3.63) is 65.7 Å². The molecule has 2 aromatic rings. The van der Waals surface area contributed by atoms with Gasteiger partial charge in [0.05, 0.1) is 0 Å². The molecule has 0 aliphatic rings. The summed E-state index contributed by atoms with van der Waals surface area (Å²) in [5.74, 6) is -0.606. The van der Waals surface area contributed by atoms with Crippen molar-refractivity contribution in [2.75, 3.05) is 13.2 Å². The van der Waals surface area contributed by atoms with Crippen LogP contribution in [-0.2, 0) is 20.7 Å². The van der Waals surface area contributed by atoms with Gasteiger partial charge in [0.1, 0.15) is 5.75 Å². The molecule has 0 aromatic heterocycles. The Kier molecular flexibility index (Phi) is 7.55. The van der Waals surface area contributed by atoms with E-state index in [2.05, 4.69) is 5.32 Å². The quantitative estimate of drug-likeness (QED) is 0.543. The number of hydrogen-bond acceptors (Lipinski definition) is 5. The van der Waals surface area contributed by atoms with Gasteiger partial charge in [0.25, 0.3) is 5.91 Å². The molecule has 0 heterocycles. The van der Waals surface area contributed by atoms with Gasteiger partial charge in [-0.1, -0.05) is 30.3 Å². The zero-order valence-electron chi connectivity index (χ0n) is 15.4. The molecule has 1 atom stereocenters. The third kappa shape index (κ3) is 6.93. The van der Waals surface area contributed by atoms with E-state index in [1.54, 1.807) is 24.3 Å². The van der Waals surface area contributed by atoms with Gasteiger partial charge < -0.3 is 14.8 Å². The predicted molar refractivity (Wildman–Crippen MR) is 101 cm³/mol. The lowest BCUT2D eigenvalue weighted by Crippen LogP contribution is -2.33. The van der Waals surface area contributed by atoms with Crippen molar-refractivity contribution >= 4 is 17.7 Å². The highest BCUT2D eigenvalue weighted by Gasteiger charge is 2.17. The minimum atomic E-state index is -0.870. The number of rotatable bonds is 9. The van der Waals surface area contributed by atoms with Crippen LogP contribution in [-0.4, -0.2) is 36.9 Å². The van der Waals surface area contributed by atoms with E-state index in [0.29, 0.717) is 24.3 Å². The number of ether oxygens (including phenoxy) is 2. The van der Waals surface area contributed by atoms with Gasteiger partial charge in [0.15, 0.2) is 18.5 Å². The van der Waals surface area contributed by atoms with Crippen molar-refractivity contribution in [2.24, 2.45) is 0 Å². The molecule has 0 saturated carbocycles. The van der Waals surface area contributed by atoms with Crippen LogP contribution in [0.1, 0.15) is 29.8 Å². The first-order valence-electron chi connectivity index (χ1n) is 8.70. The highest BCUT2D eigenvalue weighted by molar-refractivity contribution is 5.94. The topological polar surface area (TPSA) is 81.7 Å². The van der Waals surface area contributed by atoms with E-state index in [0.717, 1.165) is 5.56 Å². The number of amides is 1. The Morgan fingerprint density at radius 3 is 2.30 bits per heavy atom. The Hall–Kier alpha value is -3.15. The molecule has 6 heteroatoms. The zero-order chi connectivity index (χ0) is 19.6. The molecule has 0 fully saturated rings. The number of benzene rings is 2. The lowest BCUT2D eigenvalue weighted by atomic mass is 10.1. The highest BCUT2D eigenvalue weighted by Crippen LogP contribution is 2.14. The summed E-state index contributed by atoms with van der Waals surface area (Å²) in [6, 6.07) is 16.2. The Morgan fingerprint density at radius 1 is 1.00 bits per heavy atom. The van der Waals surface area contributed by atoms with Crippen LogP contribution in [0.15, 0.2) is 54.6 Å². The smallest absolute Gasteiger partial charge is 0.347 e. The van der Waals surface area contributed by atoms with Gasteiger partial charge in [0, 0.05) is 12.1 Å². The standard InChI is InChI=1S/C21H23NO5/c1-15(23)18-8-10-19(11-9-18)27-16(2)21(25)26-14-20(24)22-13-12-17-6-4-3-5-7-17/h3-11,16H,12-14H2,1-2H3,(H,22,24)/t16-/m1/s1. The Bertz CT molecular complexity index is 771. The molecule has 0 unspecified atom stereocenters. The summed E-state index contributed by atoms with van der Waals surface area (Å²) >= 11 is 0. The maximum Gasteiger partial charge on any atom is 0.347 e. The fraction of sp³-hybridized carbons (Fsp3) is 0.286. The molecule has 0 aliphatic carbocycles. The summed E-state index contributed by atoms with van der Waals surface area (Å²) in [5.41, 5.74) is 1.68. The Labute approximate surface area is 158 Å². The predicted octanol–water partition coefficient (Wildman–Crippen LogP) is 2.56. The third-order valence-corrected chi connectivity index (χ3v) is 3.83. The third-order valence-electron chi connectivity index (χ3n) is 3.83. The monoisotopic (exact) mass is 369 g/mol. The van der Waals surface area contributed by atoms with Crippen molar-refractivity contribution < 1.29 is 23.9 Å². The van der Waals surface area contributed by atoms with Crippen molar-refractivity contribution in [1.82, 2.24) is 5.32 Å². The molecule has 0 bridgehead atoms. The molecule has 6 nitrogen and oxygen atoms in total. The number of nitrogens with one attached hydrogen (secondary N) is 1. The van der Waals surface area contributed by atoms with Crippen molar-refractivity contribution in [2.45, 2.75) is 26.4 Å². The molecule has 2 rings (SSSR count). The SMILES string of the molecule is CC(=O)c1ccc(O[C@H](C)C(=O)OCC(=O)NCCc2ccccc2)cc1. The minimum absolute atomic E-state index is 0.0488. The minimum Gasteiger partial charge on any atom is -0.479 e.